The second kappa shape index (κ2) is 19.0. The Morgan fingerprint density at radius 2 is 1.09 bits per heavy atom. The van der Waals surface area contributed by atoms with Gasteiger partial charge in [0.25, 0.3) is 0 Å². The quantitative estimate of drug-likeness (QED) is 0.145. The Morgan fingerprint density at radius 1 is 0.585 bits per heavy atom. The fraction of sp³-hybridized carbons (Fsp3) is 0.979. The minimum atomic E-state index is -2.03. The topological polar surface area (TPSA) is 251 Å². The van der Waals surface area contributed by atoms with Gasteiger partial charge in [0.1, 0.15) is 41.9 Å². The lowest BCUT2D eigenvalue weighted by molar-refractivity contribution is -0.346. The number of Topliss-reactive ketones (excluding diaryl/α,β-unsaturated/α-hetero) is 1. The molecular weight excluding hydrogens is 852 g/mol. The van der Waals surface area contributed by atoms with Crippen LogP contribution >= 0.6 is 0 Å². The van der Waals surface area contributed by atoms with Crippen molar-refractivity contribution in [3.8, 4) is 0 Å². The number of aliphatic hydroxyl groups excluding tert-OH is 5. The van der Waals surface area contributed by atoms with E-state index in [1.54, 1.807) is 34.8 Å². The number of methoxy groups -OCH3 is 2. The Balaban J connectivity index is 0.818. The first-order valence-corrected chi connectivity index (χ1v) is 24.2. The van der Waals surface area contributed by atoms with E-state index in [9.17, 15) is 40.5 Å². The molecule has 8 fully saturated rings. The van der Waals surface area contributed by atoms with Crippen molar-refractivity contribution >= 4 is 5.78 Å². The van der Waals surface area contributed by atoms with Crippen molar-refractivity contribution in [2.45, 2.75) is 247 Å². The summed E-state index contributed by atoms with van der Waals surface area (Å²) in [6.45, 7) is 12.5. The largest absolute Gasteiger partial charge is 0.390 e. The molecule has 4 unspecified atom stereocenters. The number of rotatable bonds is 11. The average Bonchev–Trinajstić information content (AvgIpc) is 3.40. The van der Waals surface area contributed by atoms with Crippen LogP contribution in [0.4, 0.5) is 0 Å². The molecule has 0 aromatic rings. The molecule has 0 bridgehead atoms. The first-order chi connectivity index (χ1) is 30.6. The number of hydrogen-bond acceptors (Lipinski definition) is 18. The third-order valence-corrected chi connectivity index (χ3v) is 17.9. The fourth-order valence-electron chi connectivity index (χ4n) is 14.4. The predicted octanol–water partition coefficient (Wildman–Crippen LogP) is 1.60. The third-order valence-electron chi connectivity index (χ3n) is 17.9. The molecule has 0 spiro atoms. The van der Waals surface area contributed by atoms with Gasteiger partial charge in [-0.1, -0.05) is 13.8 Å². The lowest BCUT2D eigenvalue weighted by Crippen LogP contribution is -2.76. The highest BCUT2D eigenvalue weighted by molar-refractivity contribution is 5.81. The molecule has 0 aromatic carbocycles. The number of ether oxygens (including phenoxy) is 10. The fourth-order valence-corrected chi connectivity index (χ4v) is 14.4. The molecule has 0 radical (unpaired) electrons. The third kappa shape index (κ3) is 8.61. The molecule has 0 aromatic heterocycles. The summed E-state index contributed by atoms with van der Waals surface area (Å²) in [4.78, 5) is 12.8. The second-order valence-electron chi connectivity index (χ2n) is 21.5. The van der Waals surface area contributed by atoms with Crippen LogP contribution in [0, 0.1) is 28.6 Å². The molecule has 0 amide bonds. The van der Waals surface area contributed by atoms with E-state index in [0.29, 0.717) is 38.5 Å². The van der Waals surface area contributed by atoms with Crippen molar-refractivity contribution in [2.75, 3.05) is 14.2 Å². The van der Waals surface area contributed by atoms with Gasteiger partial charge in [-0.25, -0.2) is 0 Å². The SMILES string of the molecule is CO[C@H]1CC(O[C@H]2[C@H](O)CC(O[C@H]3[C@H](O)CC(O[C@H]4[C@@H](OC)CC(O[C@H]5CC[C@@]6(C)[C@@H](CC[C@]7(O)[C@@H]6CC[C@]6(C)[C@@H](C(C)=O)[C@H](O)[C@@H](O)[C@@]67O)C5)O[C@@H]4C)O[C@@H]3C)O[C@@H]2C)O[C@H](C)[C@H]1O. The van der Waals surface area contributed by atoms with Crippen LogP contribution in [0.5, 0.6) is 0 Å². The van der Waals surface area contributed by atoms with Crippen LogP contribution in [0.2, 0.25) is 0 Å². The van der Waals surface area contributed by atoms with Crippen LogP contribution in [0.1, 0.15) is 119 Å². The van der Waals surface area contributed by atoms with Gasteiger partial charge in [0.05, 0.1) is 72.6 Å². The summed E-state index contributed by atoms with van der Waals surface area (Å²) in [6, 6.07) is 0. The van der Waals surface area contributed by atoms with Gasteiger partial charge < -0.3 is 83.1 Å². The monoisotopic (exact) mass is 931 g/mol. The summed E-state index contributed by atoms with van der Waals surface area (Å²) in [6.07, 6.45) is -8.97. The molecule has 7 N–H and O–H groups in total. The van der Waals surface area contributed by atoms with Crippen LogP contribution in [0.25, 0.3) is 0 Å². The van der Waals surface area contributed by atoms with Crippen molar-refractivity contribution in [2.24, 2.45) is 28.6 Å². The van der Waals surface area contributed by atoms with Crippen molar-refractivity contribution in [3.63, 3.8) is 0 Å². The smallest absolute Gasteiger partial charge is 0.161 e. The van der Waals surface area contributed by atoms with E-state index in [1.807, 2.05) is 6.92 Å². The van der Waals surface area contributed by atoms with Gasteiger partial charge in [-0.15, -0.1) is 0 Å². The zero-order valence-corrected chi connectivity index (χ0v) is 39.6. The van der Waals surface area contributed by atoms with Gasteiger partial charge in [-0.2, -0.15) is 0 Å². The molecule has 4 aliphatic heterocycles. The molecule has 8 rings (SSSR count). The Bertz CT molecular complexity index is 1630. The van der Waals surface area contributed by atoms with Gasteiger partial charge in [0.15, 0.2) is 25.2 Å². The number of hydrogen-bond donors (Lipinski definition) is 7. The minimum Gasteiger partial charge on any atom is -0.390 e. The summed E-state index contributed by atoms with van der Waals surface area (Å²) in [5, 5.41) is 80.2. The van der Waals surface area contributed by atoms with Crippen molar-refractivity contribution in [3.05, 3.63) is 0 Å². The Morgan fingerprint density at radius 3 is 1.65 bits per heavy atom. The number of carbonyl (C=O) groups excluding carboxylic acids is 1. The second-order valence-corrected chi connectivity index (χ2v) is 21.5. The Labute approximate surface area is 382 Å². The molecule has 4 saturated heterocycles. The number of carbonyl (C=O) groups is 1. The van der Waals surface area contributed by atoms with E-state index >= 15 is 0 Å². The van der Waals surface area contributed by atoms with Gasteiger partial charge >= 0.3 is 0 Å². The minimum absolute atomic E-state index is 0.0913. The van der Waals surface area contributed by atoms with Crippen LogP contribution in [-0.2, 0) is 52.2 Å². The van der Waals surface area contributed by atoms with Gasteiger partial charge in [0, 0.05) is 45.3 Å². The summed E-state index contributed by atoms with van der Waals surface area (Å²) >= 11 is 0. The van der Waals surface area contributed by atoms with E-state index < -0.39 is 133 Å². The maximum absolute atomic E-state index is 12.8. The Hall–Kier alpha value is -1.01. The normalized spacial score (nSPS) is 56.1. The molecule has 4 aliphatic carbocycles. The molecule has 374 valence electrons. The summed E-state index contributed by atoms with van der Waals surface area (Å²) in [5.74, 6) is -1.43. The first-order valence-electron chi connectivity index (χ1n) is 24.2. The predicted molar refractivity (Wildman–Crippen MR) is 227 cm³/mol. The van der Waals surface area contributed by atoms with Gasteiger partial charge in [0.2, 0.25) is 0 Å². The molecule has 26 atom stereocenters. The van der Waals surface area contributed by atoms with Crippen LogP contribution in [-0.4, -0.2) is 184 Å². The molecular formula is C47H78O18. The zero-order valence-electron chi connectivity index (χ0n) is 39.6. The van der Waals surface area contributed by atoms with Crippen molar-refractivity contribution in [1.82, 2.24) is 0 Å². The van der Waals surface area contributed by atoms with E-state index in [4.69, 9.17) is 47.4 Å². The molecule has 18 nitrogen and oxygen atoms in total. The summed E-state index contributed by atoms with van der Waals surface area (Å²) in [5.41, 5.74) is -5.23. The maximum atomic E-state index is 12.8. The van der Waals surface area contributed by atoms with Crippen LogP contribution in [0.3, 0.4) is 0 Å². The van der Waals surface area contributed by atoms with Gasteiger partial charge in [-0.3, -0.25) is 4.79 Å². The molecule has 65 heavy (non-hydrogen) atoms. The Kier molecular flexibility index (Phi) is 14.7. The maximum Gasteiger partial charge on any atom is 0.161 e. The molecule has 4 saturated carbocycles. The van der Waals surface area contributed by atoms with E-state index in [2.05, 4.69) is 6.92 Å². The van der Waals surface area contributed by atoms with E-state index in [0.717, 1.165) is 12.8 Å². The van der Waals surface area contributed by atoms with E-state index in [1.165, 1.54) is 14.0 Å². The lowest BCUT2D eigenvalue weighted by atomic mass is 9.41. The highest BCUT2D eigenvalue weighted by Gasteiger charge is 2.79. The van der Waals surface area contributed by atoms with E-state index in [-0.39, 0.29) is 48.4 Å². The van der Waals surface area contributed by atoms with Crippen molar-refractivity contribution < 1.29 is 87.9 Å². The number of ketones is 1. The highest BCUT2D eigenvalue weighted by Crippen LogP contribution is 2.70. The number of fused-ring (bicyclic) bond motifs is 5. The molecule has 4 heterocycles. The summed E-state index contributed by atoms with van der Waals surface area (Å²) < 4.78 is 61.5. The zero-order chi connectivity index (χ0) is 47.1. The average molecular weight is 931 g/mol. The summed E-state index contributed by atoms with van der Waals surface area (Å²) in [7, 11) is 3.14. The van der Waals surface area contributed by atoms with Crippen molar-refractivity contribution in [1.29, 1.82) is 0 Å². The highest BCUT2D eigenvalue weighted by atomic mass is 16.8. The molecule has 8 aliphatic rings. The lowest BCUT2D eigenvalue weighted by Gasteiger charge is -2.67. The first kappa shape index (κ1) is 50.4. The van der Waals surface area contributed by atoms with Gasteiger partial charge in [-0.05, 0) is 96.8 Å². The standard InChI is InChI=1S/C47H78O18/c1-21(48)37-39(52)43(53)47(55)45(37,7)14-12-32-44(6)13-11-27(16-26(44)10-15-46(32,47)54)62-35-20-31(57-9)42(25(5)61-35)65-34-18-29(50)40(23(3)60-34)63-33-17-28(49)41(24(4)59-33)64-36-19-30(56-8)38(51)22(2)58-36/h22-43,49-55H,10-20H2,1-9H3/t22-,23-,24-,25-,26+,27+,28-,29-,30+,31+,32-,33?,34?,35?,36?,37+,38-,39+,40-,41-,42-,43-,44+,45-,46+,47-/m1/s1. The molecule has 18 heteroatoms. The van der Waals surface area contributed by atoms with Crippen LogP contribution < -0.4 is 0 Å². The van der Waals surface area contributed by atoms with Crippen LogP contribution in [0.15, 0.2) is 0 Å². The number of aliphatic hydroxyl groups is 7.